The van der Waals surface area contributed by atoms with E-state index in [-0.39, 0.29) is 18.1 Å². The molecule has 7 heteroatoms. The fourth-order valence-corrected chi connectivity index (χ4v) is 3.43. The van der Waals surface area contributed by atoms with Crippen LogP contribution in [0.1, 0.15) is 19.4 Å². The highest BCUT2D eigenvalue weighted by atomic mass is 16.5. The number of benzene rings is 1. The maximum Gasteiger partial charge on any atom is 0.245 e. The molecule has 0 aliphatic carbocycles. The number of nitrogens with zero attached hydrogens (tertiary/aromatic N) is 1. The number of carbonyl (C=O) groups excluding carboxylic acids is 3. The summed E-state index contributed by atoms with van der Waals surface area (Å²) in [5.41, 5.74) is -0.798. The highest BCUT2D eigenvalue weighted by Gasteiger charge is 2.62. The first kappa shape index (κ1) is 15.7. The Bertz CT molecular complexity index is 836. The van der Waals surface area contributed by atoms with Crippen molar-refractivity contribution in [1.82, 2.24) is 5.32 Å². The number of para-hydroxylation sites is 1. The predicted molar refractivity (Wildman–Crippen MR) is 83.3 cm³/mol. The molecule has 0 saturated heterocycles. The molecule has 1 aromatic rings. The quantitative estimate of drug-likeness (QED) is 0.861. The third kappa shape index (κ3) is 1.86. The van der Waals surface area contributed by atoms with Gasteiger partial charge in [0.05, 0.1) is 18.2 Å². The van der Waals surface area contributed by atoms with Crippen molar-refractivity contribution < 1.29 is 19.1 Å². The van der Waals surface area contributed by atoms with Crippen LogP contribution in [0.15, 0.2) is 35.7 Å². The van der Waals surface area contributed by atoms with Crippen LogP contribution in [0, 0.1) is 17.2 Å². The lowest BCUT2D eigenvalue weighted by Crippen LogP contribution is -2.56. The summed E-state index contributed by atoms with van der Waals surface area (Å²) in [6.45, 7) is 3.18. The van der Waals surface area contributed by atoms with E-state index in [9.17, 15) is 19.6 Å². The average Bonchev–Trinajstić information content (AvgIpc) is 2.81. The van der Waals surface area contributed by atoms with Crippen molar-refractivity contribution in [2.75, 3.05) is 11.9 Å². The summed E-state index contributed by atoms with van der Waals surface area (Å²) in [6.07, 6.45) is 0. The average molecular weight is 325 g/mol. The molecule has 0 fully saturated rings. The summed E-state index contributed by atoms with van der Waals surface area (Å²) in [6, 6.07) is 8.62. The highest BCUT2D eigenvalue weighted by Crippen LogP contribution is 2.50. The summed E-state index contributed by atoms with van der Waals surface area (Å²) in [5, 5.41) is 14.7. The van der Waals surface area contributed by atoms with Crippen molar-refractivity contribution in [3.63, 3.8) is 0 Å². The molecule has 0 bridgehead atoms. The van der Waals surface area contributed by atoms with Crippen molar-refractivity contribution in [1.29, 1.82) is 5.26 Å². The van der Waals surface area contributed by atoms with E-state index in [0.717, 1.165) is 0 Å². The third-order valence-corrected chi connectivity index (χ3v) is 4.28. The highest BCUT2D eigenvalue weighted by molar-refractivity contribution is 6.19. The Kier molecular flexibility index (Phi) is 3.60. The van der Waals surface area contributed by atoms with Crippen LogP contribution in [0.25, 0.3) is 0 Å². The van der Waals surface area contributed by atoms with Crippen molar-refractivity contribution in [2.24, 2.45) is 5.92 Å². The van der Waals surface area contributed by atoms with E-state index >= 15 is 0 Å². The summed E-state index contributed by atoms with van der Waals surface area (Å²) >= 11 is 0. The van der Waals surface area contributed by atoms with Crippen LogP contribution >= 0.6 is 0 Å². The maximum absolute atomic E-state index is 12.9. The van der Waals surface area contributed by atoms with E-state index in [1.54, 1.807) is 31.2 Å². The normalized spacial score (nSPS) is 25.0. The molecule has 7 nitrogen and oxygen atoms in total. The van der Waals surface area contributed by atoms with Gasteiger partial charge in [-0.2, -0.15) is 5.26 Å². The van der Waals surface area contributed by atoms with Crippen LogP contribution in [-0.4, -0.2) is 24.2 Å². The van der Waals surface area contributed by atoms with Gasteiger partial charge in [0.15, 0.2) is 5.78 Å². The lowest BCUT2D eigenvalue weighted by Gasteiger charge is -2.37. The molecule has 24 heavy (non-hydrogen) atoms. The van der Waals surface area contributed by atoms with Crippen molar-refractivity contribution >= 4 is 23.3 Å². The number of carbonyl (C=O) groups is 3. The number of nitriles is 1. The zero-order chi connectivity index (χ0) is 17.5. The molecule has 0 saturated carbocycles. The molecule has 2 unspecified atom stereocenters. The summed E-state index contributed by atoms with van der Waals surface area (Å²) in [5.74, 6) is -3.12. The van der Waals surface area contributed by atoms with Gasteiger partial charge in [0.1, 0.15) is 11.3 Å². The first-order valence-electron chi connectivity index (χ1n) is 7.48. The van der Waals surface area contributed by atoms with Crippen LogP contribution in [0.5, 0.6) is 0 Å². The minimum absolute atomic E-state index is 0.00190. The van der Waals surface area contributed by atoms with Gasteiger partial charge in [0, 0.05) is 5.69 Å². The van der Waals surface area contributed by atoms with Crippen LogP contribution in [-0.2, 0) is 24.5 Å². The number of Topliss-reactive ketones (excluding diaryl/α,β-unsaturated/α-hetero) is 1. The minimum atomic E-state index is -1.70. The Balaban J connectivity index is 2.42. The Morgan fingerprint density at radius 3 is 2.67 bits per heavy atom. The molecule has 2 amide bonds. The smallest absolute Gasteiger partial charge is 0.245 e. The van der Waals surface area contributed by atoms with Gasteiger partial charge in [-0.15, -0.1) is 0 Å². The number of nitrogens with one attached hydrogen (secondary N) is 2. The van der Waals surface area contributed by atoms with Gasteiger partial charge in [0.2, 0.25) is 17.7 Å². The van der Waals surface area contributed by atoms with E-state index < -0.39 is 28.9 Å². The predicted octanol–water partition coefficient (Wildman–Crippen LogP) is 0.983. The number of anilines is 1. The molecule has 3 rings (SSSR count). The number of hydrogen-bond acceptors (Lipinski definition) is 5. The minimum Gasteiger partial charge on any atom is -0.479 e. The lowest BCUT2D eigenvalue weighted by atomic mass is 9.63. The zero-order valence-electron chi connectivity index (χ0n) is 13.2. The Hall–Kier alpha value is -3.14. The van der Waals surface area contributed by atoms with Gasteiger partial charge < -0.3 is 10.1 Å². The Morgan fingerprint density at radius 2 is 2.04 bits per heavy atom. The topological polar surface area (TPSA) is 108 Å². The third-order valence-electron chi connectivity index (χ3n) is 4.28. The van der Waals surface area contributed by atoms with Gasteiger partial charge in [0.25, 0.3) is 0 Å². The number of ketones is 1. The second-order valence-electron chi connectivity index (χ2n) is 5.55. The fraction of sp³-hybridized carbons (Fsp3) is 0.294. The largest absolute Gasteiger partial charge is 0.479 e. The molecule has 2 heterocycles. The molecular weight excluding hydrogens is 310 g/mol. The van der Waals surface area contributed by atoms with Crippen LogP contribution in [0.2, 0.25) is 0 Å². The number of rotatable bonds is 3. The van der Waals surface area contributed by atoms with Gasteiger partial charge in [-0.25, -0.2) is 0 Å². The molecule has 0 aromatic heterocycles. The van der Waals surface area contributed by atoms with E-state index in [4.69, 9.17) is 4.74 Å². The van der Waals surface area contributed by atoms with Crippen molar-refractivity contribution in [2.45, 2.75) is 19.3 Å². The van der Waals surface area contributed by atoms with E-state index in [1.807, 2.05) is 6.07 Å². The molecule has 1 spiro atoms. The van der Waals surface area contributed by atoms with Crippen molar-refractivity contribution in [3.05, 3.63) is 41.3 Å². The summed E-state index contributed by atoms with van der Waals surface area (Å²) in [7, 11) is 0. The molecule has 2 aliphatic rings. The Morgan fingerprint density at radius 1 is 1.33 bits per heavy atom. The summed E-state index contributed by atoms with van der Waals surface area (Å²) < 4.78 is 5.41. The monoisotopic (exact) mass is 325 g/mol. The number of amides is 2. The molecule has 1 aromatic carbocycles. The maximum atomic E-state index is 12.9. The van der Waals surface area contributed by atoms with E-state index in [0.29, 0.717) is 11.3 Å². The molecule has 2 N–H and O–H groups in total. The molecule has 122 valence electrons. The standard InChI is InChI=1S/C17H15N3O4/c1-3-24-15-13(9(2)21)17(11(8-18)14(22)20-15)10-6-4-5-7-12(10)19-16(17)23/h4-7,11H,3H2,1-2H3,(H,19,23)(H,20,22). The van der Waals surface area contributed by atoms with Gasteiger partial charge in [-0.05, 0) is 25.5 Å². The van der Waals surface area contributed by atoms with Crippen LogP contribution in [0.3, 0.4) is 0 Å². The summed E-state index contributed by atoms with van der Waals surface area (Å²) in [4.78, 5) is 37.7. The molecule has 0 radical (unpaired) electrons. The first-order valence-corrected chi connectivity index (χ1v) is 7.48. The second kappa shape index (κ2) is 5.49. The van der Waals surface area contributed by atoms with Gasteiger partial charge in [-0.1, -0.05) is 18.2 Å². The SMILES string of the molecule is CCOC1=C(C(C)=O)C2(C(=O)Nc3ccccc32)C(C#N)C(=O)N1. The van der Waals surface area contributed by atoms with Crippen molar-refractivity contribution in [3.8, 4) is 6.07 Å². The van der Waals surface area contributed by atoms with Crippen LogP contribution < -0.4 is 10.6 Å². The molecule has 2 atom stereocenters. The van der Waals surface area contributed by atoms with E-state index in [1.165, 1.54) is 6.92 Å². The Labute approximate surface area is 138 Å². The zero-order valence-corrected chi connectivity index (χ0v) is 13.2. The van der Waals surface area contributed by atoms with Gasteiger partial charge in [-0.3, -0.25) is 19.7 Å². The van der Waals surface area contributed by atoms with Gasteiger partial charge >= 0.3 is 0 Å². The van der Waals surface area contributed by atoms with Crippen LogP contribution in [0.4, 0.5) is 5.69 Å². The lowest BCUT2D eigenvalue weighted by molar-refractivity contribution is -0.133. The second-order valence-corrected chi connectivity index (χ2v) is 5.55. The number of ether oxygens (including phenoxy) is 1. The fourth-order valence-electron chi connectivity index (χ4n) is 3.43. The first-order chi connectivity index (χ1) is 11.5. The molecular formula is C17H15N3O4. The number of fused-ring (bicyclic) bond motifs is 2. The number of hydrogen-bond donors (Lipinski definition) is 2. The molecule has 2 aliphatic heterocycles. The van der Waals surface area contributed by atoms with E-state index in [2.05, 4.69) is 10.6 Å².